The smallest absolute Gasteiger partial charge is 0.225 e. The van der Waals surface area contributed by atoms with Gasteiger partial charge in [0.1, 0.15) is 5.82 Å². The number of thiocarbonyl (C=S) groups is 1. The van der Waals surface area contributed by atoms with Crippen LogP contribution in [0.15, 0.2) is 24.3 Å². The van der Waals surface area contributed by atoms with Crippen molar-refractivity contribution in [2.45, 2.75) is 19.4 Å². The van der Waals surface area contributed by atoms with E-state index in [1.807, 2.05) is 0 Å². The van der Waals surface area contributed by atoms with Gasteiger partial charge in [0.2, 0.25) is 5.91 Å². The van der Waals surface area contributed by atoms with Crippen LogP contribution in [0.2, 0.25) is 0 Å². The number of nitrogens with two attached hydrogens (primary N) is 1. The second kappa shape index (κ2) is 5.55. The molecule has 1 amide bonds. The van der Waals surface area contributed by atoms with Gasteiger partial charge in [0, 0.05) is 0 Å². The van der Waals surface area contributed by atoms with Crippen molar-refractivity contribution in [3.8, 4) is 0 Å². The van der Waals surface area contributed by atoms with E-state index in [9.17, 15) is 9.18 Å². The normalized spacial score (nSPS) is 11.9. The minimum Gasteiger partial charge on any atom is -0.392 e. The first-order valence-corrected chi connectivity index (χ1v) is 5.23. The fourth-order valence-corrected chi connectivity index (χ4v) is 1.24. The van der Waals surface area contributed by atoms with Crippen molar-refractivity contribution in [3.63, 3.8) is 0 Å². The summed E-state index contributed by atoms with van der Waals surface area (Å²) in [6, 6.07) is 5.77. The van der Waals surface area contributed by atoms with E-state index >= 15 is 0 Å². The topological polar surface area (TPSA) is 55.1 Å². The average molecular weight is 240 g/mol. The second-order valence-corrected chi connectivity index (χ2v) is 3.93. The van der Waals surface area contributed by atoms with Gasteiger partial charge >= 0.3 is 0 Å². The summed E-state index contributed by atoms with van der Waals surface area (Å²) < 4.78 is 13.2. The van der Waals surface area contributed by atoms with E-state index in [2.05, 4.69) is 5.32 Å². The number of hydrogen-bond acceptors (Lipinski definition) is 2. The molecule has 0 bridgehead atoms. The second-order valence-electron chi connectivity index (χ2n) is 3.46. The van der Waals surface area contributed by atoms with Crippen LogP contribution >= 0.6 is 12.2 Å². The van der Waals surface area contributed by atoms with Crippen LogP contribution in [0.4, 0.5) is 4.39 Å². The highest BCUT2D eigenvalue weighted by Gasteiger charge is 2.11. The summed E-state index contributed by atoms with van der Waals surface area (Å²) in [5.41, 5.74) is 5.71. The Hall–Kier alpha value is -1.49. The van der Waals surface area contributed by atoms with Crippen molar-refractivity contribution in [3.05, 3.63) is 35.6 Å². The zero-order valence-corrected chi connectivity index (χ0v) is 9.68. The minimum atomic E-state index is -0.388. The van der Waals surface area contributed by atoms with Crippen LogP contribution in [0.1, 0.15) is 12.5 Å². The Labute approximate surface area is 98.8 Å². The maximum Gasteiger partial charge on any atom is 0.225 e. The number of halogens is 1. The van der Waals surface area contributed by atoms with E-state index in [4.69, 9.17) is 18.0 Å². The number of hydrogen-bond donors (Lipinski definition) is 2. The Morgan fingerprint density at radius 1 is 1.56 bits per heavy atom. The molecule has 0 radical (unpaired) electrons. The third-order valence-electron chi connectivity index (χ3n) is 2.11. The fraction of sp³-hybridized carbons (Fsp3) is 0.273. The molecule has 0 fully saturated rings. The van der Waals surface area contributed by atoms with Gasteiger partial charge in [-0.15, -0.1) is 0 Å². The maximum atomic E-state index is 13.2. The molecule has 1 unspecified atom stereocenters. The summed E-state index contributed by atoms with van der Waals surface area (Å²) in [4.78, 5) is 11.7. The summed E-state index contributed by atoms with van der Waals surface area (Å²) in [7, 11) is 0. The van der Waals surface area contributed by atoms with E-state index in [1.54, 1.807) is 25.1 Å². The van der Waals surface area contributed by atoms with E-state index in [0.717, 1.165) is 0 Å². The number of rotatable bonds is 4. The molecule has 1 atom stereocenters. The van der Waals surface area contributed by atoms with Crippen LogP contribution in [0.25, 0.3) is 0 Å². The molecule has 0 aliphatic carbocycles. The predicted molar refractivity (Wildman–Crippen MR) is 64.5 cm³/mol. The Balaban J connectivity index is 2.59. The lowest BCUT2D eigenvalue weighted by Gasteiger charge is -2.12. The molecule has 5 heteroatoms. The van der Waals surface area contributed by atoms with Crippen molar-refractivity contribution in [2.75, 3.05) is 0 Å². The van der Waals surface area contributed by atoms with Gasteiger partial charge in [0.25, 0.3) is 0 Å². The van der Waals surface area contributed by atoms with E-state index in [-0.39, 0.29) is 29.2 Å². The molecule has 1 aromatic rings. The highest BCUT2D eigenvalue weighted by molar-refractivity contribution is 7.80. The SMILES string of the molecule is CC(NC(=O)Cc1ccccc1F)C(N)=S. The van der Waals surface area contributed by atoms with Crippen molar-refractivity contribution in [1.82, 2.24) is 5.32 Å². The van der Waals surface area contributed by atoms with Crippen LogP contribution in [-0.4, -0.2) is 16.9 Å². The molecular formula is C11H13FN2OS. The molecule has 3 N–H and O–H groups in total. The lowest BCUT2D eigenvalue weighted by Crippen LogP contribution is -2.41. The molecule has 1 rings (SSSR count). The van der Waals surface area contributed by atoms with Gasteiger partial charge in [0.15, 0.2) is 0 Å². The van der Waals surface area contributed by atoms with E-state index in [0.29, 0.717) is 5.56 Å². The molecule has 3 nitrogen and oxygen atoms in total. The third-order valence-corrected chi connectivity index (χ3v) is 2.47. The van der Waals surface area contributed by atoms with Crippen LogP contribution in [0, 0.1) is 5.82 Å². The molecule has 0 heterocycles. The highest BCUT2D eigenvalue weighted by atomic mass is 32.1. The Kier molecular flexibility index (Phi) is 4.37. The Bertz CT molecular complexity index is 409. The van der Waals surface area contributed by atoms with Crippen molar-refractivity contribution < 1.29 is 9.18 Å². The average Bonchev–Trinajstić information content (AvgIpc) is 2.21. The standard InChI is InChI=1S/C11H13FN2OS/c1-7(11(13)16)14-10(15)6-8-4-2-3-5-9(8)12/h2-5,7H,6H2,1H3,(H2,13,16)(H,14,15). The molecule has 0 saturated heterocycles. The molecule has 0 aliphatic rings. The largest absolute Gasteiger partial charge is 0.392 e. The van der Waals surface area contributed by atoms with Gasteiger partial charge in [-0.3, -0.25) is 4.79 Å². The molecule has 16 heavy (non-hydrogen) atoms. The van der Waals surface area contributed by atoms with Gasteiger partial charge in [-0.25, -0.2) is 4.39 Å². The van der Waals surface area contributed by atoms with E-state index in [1.165, 1.54) is 6.07 Å². The fourth-order valence-electron chi connectivity index (χ4n) is 1.18. The molecule has 0 saturated carbocycles. The van der Waals surface area contributed by atoms with Gasteiger partial charge in [-0.05, 0) is 18.6 Å². The van der Waals surface area contributed by atoms with Gasteiger partial charge in [-0.2, -0.15) is 0 Å². The summed E-state index contributed by atoms with van der Waals surface area (Å²) in [6.07, 6.45) is -0.0143. The van der Waals surface area contributed by atoms with Gasteiger partial charge < -0.3 is 11.1 Å². The number of nitrogens with one attached hydrogen (secondary N) is 1. The van der Waals surface area contributed by atoms with Crippen LogP contribution in [0.5, 0.6) is 0 Å². The van der Waals surface area contributed by atoms with Crippen molar-refractivity contribution in [2.24, 2.45) is 5.73 Å². The van der Waals surface area contributed by atoms with Gasteiger partial charge in [-0.1, -0.05) is 30.4 Å². The number of carbonyl (C=O) groups excluding carboxylic acids is 1. The number of amides is 1. The third kappa shape index (κ3) is 3.58. The molecule has 86 valence electrons. The van der Waals surface area contributed by atoms with Crippen molar-refractivity contribution >= 4 is 23.1 Å². The Morgan fingerprint density at radius 3 is 2.75 bits per heavy atom. The van der Waals surface area contributed by atoms with Crippen LogP contribution < -0.4 is 11.1 Å². The molecular weight excluding hydrogens is 227 g/mol. The molecule has 0 aromatic heterocycles. The first kappa shape index (κ1) is 12.6. The monoisotopic (exact) mass is 240 g/mol. The summed E-state index contributed by atoms with van der Waals surface area (Å²) in [6.45, 7) is 1.68. The highest BCUT2D eigenvalue weighted by Crippen LogP contribution is 2.06. The van der Waals surface area contributed by atoms with Crippen LogP contribution in [-0.2, 0) is 11.2 Å². The van der Waals surface area contributed by atoms with Crippen molar-refractivity contribution in [1.29, 1.82) is 0 Å². The Morgan fingerprint density at radius 2 is 2.19 bits per heavy atom. The van der Waals surface area contributed by atoms with Gasteiger partial charge in [0.05, 0.1) is 17.5 Å². The summed E-state index contributed by atoms with van der Waals surface area (Å²) >= 11 is 4.72. The summed E-state index contributed by atoms with van der Waals surface area (Å²) in [5.74, 6) is -0.689. The minimum absolute atomic E-state index is 0.0143. The number of carbonyl (C=O) groups is 1. The first-order chi connectivity index (χ1) is 7.50. The lowest BCUT2D eigenvalue weighted by atomic mass is 10.1. The quantitative estimate of drug-likeness (QED) is 0.776. The summed E-state index contributed by atoms with van der Waals surface area (Å²) in [5, 5.41) is 2.58. The zero-order valence-electron chi connectivity index (χ0n) is 8.87. The van der Waals surface area contributed by atoms with E-state index < -0.39 is 0 Å². The lowest BCUT2D eigenvalue weighted by molar-refractivity contribution is -0.120. The van der Waals surface area contributed by atoms with Crippen LogP contribution in [0.3, 0.4) is 0 Å². The zero-order chi connectivity index (χ0) is 12.1. The molecule has 0 aliphatic heterocycles. The molecule has 0 spiro atoms. The first-order valence-electron chi connectivity index (χ1n) is 4.83. The number of benzene rings is 1. The predicted octanol–water partition coefficient (Wildman–Crippen LogP) is 1.16. The maximum absolute atomic E-state index is 13.2. The molecule has 1 aromatic carbocycles.